The summed E-state index contributed by atoms with van der Waals surface area (Å²) in [4.78, 5) is 14.4. The van der Waals surface area contributed by atoms with Crippen LogP contribution in [-0.4, -0.2) is 42.6 Å². The number of aryl methyl sites for hydroxylation is 1. The number of carbonyl (C=O) groups excluding carboxylic acids is 1. The van der Waals surface area contributed by atoms with Crippen molar-refractivity contribution >= 4 is 5.91 Å². The molecule has 1 saturated heterocycles. The van der Waals surface area contributed by atoms with Gasteiger partial charge in [0.25, 0.3) is 0 Å². The maximum absolute atomic E-state index is 13.2. The molecule has 1 heterocycles. The van der Waals surface area contributed by atoms with Gasteiger partial charge in [-0.1, -0.05) is 6.07 Å². The van der Waals surface area contributed by atoms with Gasteiger partial charge in [0, 0.05) is 25.7 Å². The van der Waals surface area contributed by atoms with Crippen molar-refractivity contribution in [2.75, 3.05) is 19.7 Å². The van der Waals surface area contributed by atoms with Gasteiger partial charge in [0.15, 0.2) is 0 Å². The summed E-state index contributed by atoms with van der Waals surface area (Å²) in [5.41, 5.74) is 1.78. The SMILES string of the molecule is Cc1ccc(F)cc1CNC(=O)CC1CN(C(C)C)CCO1. The predicted octanol–water partition coefficient (Wildman–Crippen LogP) is 2.25. The van der Waals surface area contributed by atoms with E-state index in [4.69, 9.17) is 4.74 Å². The van der Waals surface area contributed by atoms with E-state index in [0.717, 1.165) is 24.2 Å². The molecule has 0 bridgehead atoms. The summed E-state index contributed by atoms with van der Waals surface area (Å²) >= 11 is 0. The first-order valence-electron chi connectivity index (χ1n) is 7.83. The lowest BCUT2D eigenvalue weighted by Crippen LogP contribution is -2.47. The molecule has 4 nitrogen and oxygen atoms in total. The average molecular weight is 308 g/mol. The molecular formula is C17H25FN2O2. The fraction of sp³-hybridized carbons (Fsp3) is 0.588. The summed E-state index contributed by atoms with van der Waals surface area (Å²) in [6.45, 7) is 8.92. The van der Waals surface area contributed by atoms with Gasteiger partial charge in [-0.25, -0.2) is 4.39 Å². The number of nitrogens with one attached hydrogen (secondary N) is 1. The zero-order valence-electron chi connectivity index (χ0n) is 13.6. The number of hydrogen-bond donors (Lipinski definition) is 1. The first-order chi connectivity index (χ1) is 10.5. The molecule has 0 aromatic heterocycles. The molecule has 1 fully saturated rings. The van der Waals surface area contributed by atoms with E-state index in [1.54, 1.807) is 6.07 Å². The highest BCUT2D eigenvalue weighted by Crippen LogP contribution is 2.13. The first kappa shape index (κ1) is 16.9. The minimum absolute atomic E-state index is 0.0562. The Morgan fingerprint density at radius 1 is 1.50 bits per heavy atom. The van der Waals surface area contributed by atoms with Gasteiger partial charge in [0.05, 0.1) is 19.1 Å². The fourth-order valence-corrected chi connectivity index (χ4v) is 2.64. The summed E-state index contributed by atoms with van der Waals surface area (Å²) < 4.78 is 18.9. The van der Waals surface area contributed by atoms with Crippen LogP contribution in [0.3, 0.4) is 0 Å². The molecule has 1 unspecified atom stereocenters. The average Bonchev–Trinajstić information content (AvgIpc) is 2.48. The highest BCUT2D eigenvalue weighted by atomic mass is 19.1. The number of rotatable bonds is 5. The van der Waals surface area contributed by atoms with E-state index in [0.29, 0.717) is 25.6 Å². The Morgan fingerprint density at radius 2 is 2.27 bits per heavy atom. The van der Waals surface area contributed by atoms with E-state index in [1.807, 2.05) is 6.92 Å². The Morgan fingerprint density at radius 3 is 3.00 bits per heavy atom. The molecular weight excluding hydrogens is 283 g/mol. The maximum atomic E-state index is 13.2. The van der Waals surface area contributed by atoms with E-state index in [-0.39, 0.29) is 17.8 Å². The van der Waals surface area contributed by atoms with Gasteiger partial charge in [-0.15, -0.1) is 0 Å². The summed E-state index contributed by atoms with van der Waals surface area (Å²) in [6, 6.07) is 5.08. The van der Waals surface area contributed by atoms with Gasteiger partial charge in [0.2, 0.25) is 5.91 Å². The van der Waals surface area contributed by atoms with E-state index in [9.17, 15) is 9.18 Å². The van der Waals surface area contributed by atoms with E-state index in [2.05, 4.69) is 24.1 Å². The Bertz CT molecular complexity index is 519. The summed E-state index contributed by atoms with van der Waals surface area (Å²) in [5, 5.41) is 2.85. The number of amides is 1. The quantitative estimate of drug-likeness (QED) is 0.907. The molecule has 1 aromatic carbocycles. The van der Waals surface area contributed by atoms with Crippen molar-refractivity contribution in [3.05, 3.63) is 35.1 Å². The lowest BCUT2D eigenvalue weighted by Gasteiger charge is -2.35. The Hall–Kier alpha value is -1.46. The second kappa shape index (κ2) is 7.70. The van der Waals surface area contributed by atoms with Crippen molar-refractivity contribution in [1.29, 1.82) is 0 Å². The Balaban J connectivity index is 1.81. The van der Waals surface area contributed by atoms with Crippen molar-refractivity contribution in [3.8, 4) is 0 Å². The van der Waals surface area contributed by atoms with E-state index >= 15 is 0 Å². The molecule has 1 aliphatic heterocycles. The largest absolute Gasteiger partial charge is 0.375 e. The molecule has 1 aromatic rings. The van der Waals surface area contributed by atoms with Gasteiger partial charge in [-0.3, -0.25) is 9.69 Å². The fourth-order valence-electron chi connectivity index (χ4n) is 2.64. The molecule has 0 radical (unpaired) electrons. The maximum Gasteiger partial charge on any atom is 0.222 e. The second-order valence-electron chi connectivity index (χ2n) is 6.13. The molecule has 2 rings (SSSR count). The third kappa shape index (κ3) is 4.78. The second-order valence-corrected chi connectivity index (χ2v) is 6.13. The van der Waals surface area contributed by atoms with Crippen LogP contribution in [0.15, 0.2) is 18.2 Å². The minimum Gasteiger partial charge on any atom is -0.375 e. The van der Waals surface area contributed by atoms with Gasteiger partial charge >= 0.3 is 0 Å². The van der Waals surface area contributed by atoms with Gasteiger partial charge in [-0.05, 0) is 44.0 Å². The summed E-state index contributed by atoms with van der Waals surface area (Å²) in [5.74, 6) is -0.336. The zero-order valence-corrected chi connectivity index (χ0v) is 13.6. The van der Waals surface area contributed by atoms with Crippen molar-refractivity contribution in [2.45, 2.75) is 45.9 Å². The normalized spacial score (nSPS) is 19.4. The zero-order chi connectivity index (χ0) is 16.1. The van der Waals surface area contributed by atoms with Crippen LogP contribution >= 0.6 is 0 Å². The lowest BCUT2D eigenvalue weighted by atomic mass is 10.1. The van der Waals surface area contributed by atoms with Crippen LogP contribution in [0.25, 0.3) is 0 Å². The number of morpholine rings is 1. The third-order valence-electron chi connectivity index (χ3n) is 4.10. The first-order valence-corrected chi connectivity index (χ1v) is 7.83. The van der Waals surface area contributed by atoms with Crippen LogP contribution in [0.2, 0.25) is 0 Å². The minimum atomic E-state index is -0.280. The molecule has 1 atom stereocenters. The van der Waals surface area contributed by atoms with Crippen LogP contribution in [0.5, 0.6) is 0 Å². The monoisotopic (exact) mass is 308 g/mol. The topological polar surface area (TPSA) is 41.6 Å². The van der Waals surface area contributed by atoms with Crippen molar-refractivity contribution in [2.24, 2.45) is 0 Å². The summed E-state index contributed by atoms with van der Waals surface area (Å²) in [7, 11) is 0. The van der Waals surface area contributed by atoms with Gasteiger partial charge in [0.1, 0.15) is 5.82 Å². The molecule has 122 valence electrons. The van der Waals surface area contributed by atoms with E-state index in [1.165, 1.54) is 12.1 Å². The highest BCUT2D eigenvalue weighted by Gasteiger charge is 2.24. The lowest BCUT2D eigenvalue weighted by molar-refractivity contribution is -0.126. The van der Waals surface area contributed by atoms with Crippen LogP contribution in [-0.2, 0) is 16.1 Å². The standard InChI is InChI=1S/C17H25FN2O2/c1-12(2)20-6-7-22-16(11-20)9-17(21)19-10-14-8-15(18)5-4-13(14)3/h4-5,8,12,16H,6-7,9-11H2,1-3H3,(H,19,21). The highest BCUT2D eigenvalue weighted by molar-refractivity contribution is 5.76. The van der Waals surface area contributed by atoms with Gasteiger partial charge in [-0.2, -0.15) is 0 Å². The number of nitrogens with zero attached hydrogens (tertiary/aromatic N) is 1. The van der Waals surface area contributed by atoms with Crippen LogP contribution in [0.1, 0.15) is 31.4 Å². The smallest absolute Gasteiger partial charge is 0.222 e. The number of carbonyl (C=O) groups is 1. The third-order valence-corrected chi connectivity index (χ3v) is 4.10. The molecule has 1 amide bonds. The molecule has 22 heavy (non-hydrogen) atoms. The van der Waals surface area contributed by atoms with Crippen molar-refractivity contribution in [3.63, 3.8) is 0 Å². The molecule has 1 aliphatic rings. The molecule has 0 aliphatic carbocycles. The van der Waals surface area contributed by atoms with E-state index < -0.39 is 0 Å². The Kier molecular flexibility index (Phi) is 5.91. The number of benzene rings is 1. The van der Waals surface area contributed by atoms with Crippen LogP contribution in [0, 0.1) is 12.7 Å². The number of halogens is 1. The molecule has 0 saturated carbocycles. The number of ether oxygens (including phenoxy) is 1. The Labute approximate surface area is 131 Å². The van der Waals surface area contributed by atoms with Crippen LogP contribution < -0.4 is 5.32 Å². The van der Waals surface area contributed by atoms with Gasteiger partial charge < -0.3 is 10.1 Å². The predicted molar refractivity (Wildman–Crippen MR) is 84.0 cm³/mol. The molecule has 0 spiro atoms. The van der Waals surface area contributed by atoms with Crippen molar-refractivity contribution in [1.82, 2.24) is 10.2 Å². The van der Waals surface area contributed by atoms with Crippen LogP contribution in [0.4, 0.5) is 4.39 Å². The molecule has 5 heteroatoms. The van der Waals surface area contributed by atoms with Crippen molar-refractivity contribution < 1.29 is 13.9 Å². The number of hydrogen-bond acceptors (Lipinski definition) is 3. The molecule has 1 N–H and O–H groups in total. The summed E-state index contributed by atoms with van der Waals surface area (Å²) in [6.07, 6.45) is 0.280.